The second-order valence-electron chi connectivity index (χ2n) is 5.47. The molecule has 0 aromatic rings. The molecule has 1 heterocycles. The van der Waals surface area contributed by atoms with E-state index >= 15 is 0 Å². The van der Waals surface area contributed by atoms with Crippen LogP contribution in [0.15, 0.2) is 0 Å². The monoisotopic (exact) mass is 240 g/mol. The molecule has 2 unspecified atom stereocenters. The molecule has 0 aromatic carbocycles. The first-order chi connectivity index (χ1) is 5.49. The SMILES string of the molecule is C[Si](C)(C)N1N([Si](C)(C)C)[Si]1(F)F. The van der Waals surface area contributed by atoms with Crippen LogP contribution in [0.25, 0.3) is 0 Å². The number of hydrazine groups is 1. The van der Waals surface area contributed by atoms with Gasteiger partial charge in [-0.25, -0.2) is 16.9 Å². The van der Waals surface area contributed by atoms with Gasteiger partial charge in [0.05, 0.1) is 0 Å². The van der Waals surface area contributed by atoms with Crippen LogP contribution < -0.4 is 0 Å². The van der Waals surface area contributed by atoms with E-state index in [1.54, 1.807) is 0 Å². The molecule has 0 N–H and O–H groups in total. The van der Waals surface area contributed by atoms with Gasteiger partial charge in [0.25, 0.3) is 0 Å². The summed E-state index contributed by atoms with van der Waals surface area (Å²) in [4.78, 5) is 0. The van der Waals surface area contributed by atoms with Crippen molar-refractivity contribution in [3.8, 4) is 0 Å². The number of rotatable bonds is 2. The van der Waals surface area contributed by atoms with E-state index in [9.17, 15) is 8.22 Å². The van der Waals surface area contributed by atoms with Crippen LogP contribution in [-0.4, -0.2) is 34.2 Å². The molecule has 0 aliphatic carbocycles. The Morgan fingerprint density at radius 1 is 0.769 bits per heavy atom. The highest BCUT2D eigenvalue weighted by Crippen LogP contribution is 2.45. The first-order valence-electron chi connectivity index (χ1n) is 4.47. The Hall–Kier alpha value is 0.431. The molecule has 2 nitrogen and oxygen atoms in total. The molecule has 7 heteroatoms. The van der Waals surface area contributed by atoms with Crippen LogP contribution in [0.2, 0.25) is 39.3 Å². The Labute approximate surface area is 82.2 Å². The zero-order valence-electron chi connectivity index (χ0n) is 9.15. The predicted molar refractivity (Wildman–Crippen MR) is 58.3 cm³/mol. The molecule has 0 radical (unpaired) electrons. The van der Waals surface area contributed by atoms with Crippen LogP contribution in [-0.2, 0) is 0 Å². The van der Waals surface area contributed by atoms with Crippen molar-refractivity contribution in [2.75, 3.05) is 0 Å². The first-order valence-corrected chi connectivity index (χ1v) is 13.0. The summed E-state index contributed by atoms with van der Waals surface area (Å²) in [6.45, 7) is 11.9. The van der Waals surface area contributed by atoms with Crippen molar-refractivity contribution < 1.29 is 8.22 Å². The van der Waals surface area contributed by atoms with Gasteiger partial charge in [-0.1, -0.05) is 39.3 Å². The van der Waals surface area contributed by atoms with Crippen molar-refractivity contribution in [1.82, 2.24) is 8.68 Å². The van der Waals surface area contributed by atoms with E-state index < -0.39 is 25.5 Å². The van der Waals surface area contributed by atoms with Crippen molar-refractivity contribution in [3.63, 3.8) is 0 Å². The second-order valence-corrected chi connectivity index (χ2v) is 17.8. The molecular formula is C6H18F2N2Si3. The summed E-state index contributed by atoms with van der Waals surface area (Å²) in [5.74, 6) is 0. The topological polar surface area (TPSA) is 6.02 Å². The summed E-state index contributed by atoms with van der Waals surface area (Å²) < 4.78 is 30.0. The van der Waals surface area contributed by atoms with Crippen LogP contribution in [0.5, 0.6) is 0 Å². The number of halogens is 2. The predicted octanol–water partition coefficient (Wildman–Crippen LogP) is 2.56. The lowest BCUT2D eigenvalue weighted by atomic mass is 11.8. The van der Waals surface area contributed by atoms with Gasteiger partial charge in [0.1, 0.15) is 16.5 Å². The molecule has 1 rings (SSSR count). The summed E-state index contributed by atoms with van der Waals surface area (Å²) in [5.41, 5.74) is 0. The average Bonchev–Trinajstić information content (AvgIpc) is 2.29. The van der Waals surface area contributed by atoms with Gasteiger partial charge in [-0.05, 0) is 0 Å². The highest BCUT2D eigenvalue weighted by atomic mass is 28.5. The molecule has 0 amide bonds. The summed E-state index contributed by atoms with van der Waals surface area (Å²) in [5, 5.41) is 0. The van der Waals surface area contributed by atoms with Crippen LogP contribution in [0.3, 0.4) is 0 Å². The minimum Gasteiger partial charge on any atom is -0.237 e. The molecule has 0 spiro atoms. The molecule has 1 saturated heterocycles. The van der Waals surface area contributed by atoms with E-state index in [1.165, 1.54) is 8.68 Å². The molecule has 78 valence electrons. The smallest absolute Gasteiger partial charge is 0.237 e. The third kappa shape index (κ3) is 1.94. The molecule has 2 atom stereocenters. The van der Waals surface area contributed by atoms with Gasteiger partial charge in [-0.2, -0.15) is 0 Å². The van der Waals surface area contributed by atoms with E-state index in [2.05, 4.69) is 0 Å². The Morgan fingerprint density at radius 2 is 1.00 bits per heavy atom. The highest BCUT2D eigenvalue weighted by Gasteiger charge is 2.77. The van der Waals surface area contributed by atoms with E-state index in [0.717, 1.165) is 0 Å². The molecule has 1 aliphatic heterocycles. The van der Waals surface area contributed by atoms with Gasteiger partial charge < -0.3 is 0 Å². The summed E-state index contributed by atoms with van der Waals surface area (Å²) >= 11 is 0. The van der Waals surface area contributed by atoms with Crippen molar-refractivity contribution in [1.29, 1.82) is 0 Å². The van der Waals surface area contributed by atoms with Crippen molar-refractivity contribution in [2.24, 2.45) is 0 Å². The zero-order valence-corrected chi connectivity index (χ0v) is 12.2. The van der Waals surface area contributed by atoms with Gasteiger partial charge in [-0.15, -0.1) is 0 Å². The van der Waals surface area contributed by atoms with Crippen LogP contribution in [0, 0.1) is 0 Å². The fraction of sp³-hybridized carbons (Fsp3) is 1.00. The largest absolute Gasteiger partial charge is 0.612 e. The third-order valence-corrected chi connectivity index (χ3v) is 12.4. The molecule has 13 heavy (non-hydrogen) atoms. The Bertz CT molecular complexity index is 199. The number of hydrogen-bond acceptors (Lipinski definition) is 2. The normalized spacial score (nSPS) is 33.2. The Morgan fingerprint density at radius 3 is 1.08 bits per heavy atom. The Balaban J connectivity index is 2.85. The fourth-order valence-corrected chi connectivity index (χ4v) is 14.8. The minimum absolute atomic E-state index is 1.46. The van der Waals surface area contributed by atoms with Gasteiger partial charge >= 0.3 is 9.06 Å². The fourth-order valence-electron chi connectivity index (χ4n) is 1.59. The van der Waals surface area contributed by atoms with E-state index in [0.29, 0.717) is 0 Å². The van der Waals surface area contributed by atoms with Gasteiger partial charge in [0.2, 0.25) is 0 Å². The maximum absolute atomic E-state index is 13.5. The minimum atomic E-state index is -4.10. The maximum atomic E-state index is 13.5. The molecule has 0 aromatic heterocycles. The number of hydrogen-bond donors (Lipinski definition) is 0. The van der Waals surface area contributed by atoms with Crippen molar-refractivity contribution >= 4 is 25.5 Å². The molecular weight excluding hydrogens is 222 g/mol. The van der Waals surface area contributed by atoms with Crippen LogP contribution in [0.1, 0.15) is 0 Å². The van der Waals surface area contributed by atoms with Crippen LogP contribution >= 0.6 is 0 Å². The van der Waals surface area contributed by atoms with E-state index in [4.69, 9.17) is 0 Å². The lowest BCUT2D eigenvalue weighted by Crippen LogP contribution is -2.42. The van der Waals surface area contributed by atoms with Crippen LogP contribution in [0.4, 0.5) is 8.22 Å². The summed E-state index contributed by atoms with van der Waals surface area (Å²) in [7, 11) is -7.75. The van der Waals surface area contributed by atoms with Crippen molar-refractivity contribution in [2.45, 2.75) is 39.3 Å². The van der Waals surface area contributed by atoms with Gasteiger partial charge in [0.15, 0.2) is 0 Å². The lowest BCUT2D eigenvalue weighted by molar-refractivity contribution is 0.574. The van der Waals surface area contributed by atoms with Gasteiger partial charge in [0, 0.05) is 0 Å². The van der Waals surface area contributed by atoms with Gasteiger partial charge in [-0.3, -0.25) is 0 Å². The van der Waals surface area contributed by atoms with Crippen molar-refractivity contribution in [3.05, 3.63) is 0 Å². The maximum Gasteiger partial charge on any atom is 0.612 e. The molecule has 1 aliphatic rings. The number of nitrogens with zero attached hydrogens (tertiary/aromatic N) is 2. The van der Waals surface area contributed by atoms with E-state index in [1.807, 2.05) is 39.3 Å². The van der Waals surface area contributed by atoms with E-state index in [-0.39, 0.29) is 0 Å². The third-order valence-electron chi connectivity index (χ3n) is 1.94. The molecule has 1 fully saturated rings. The molecule has 0 saturated carbocycles. The lowest BCUT2D eigenvalue weighted by Gasteiger charge is -2.23. The zero-order chi connectivity index (χ0) is 10.7. The summed E-state index contributed by atoms with van der Waals surface area (Å²) in [6.07, 6.45) is 0. The second kappa shape index (κ2) is 2.72. The summed E-state index contributed by atoms with van der Waals surface area (Å²) in [6, 6.07) is 0. The first kappa shape index (κ1) is 11.5. The standard InChI is InChI=1S/C6H18F2N2Si3/c1-11(2,3)9-10(12(4,5)6)13(9,7)8/h1-6H3. The Kier molecular flexibility index (Phi) is 2.41. The highest BCUT2D eigenvalue weighted by molar-refractivity contribution is 6.99. The quantitative estimate of drug-likeness (QED) is 0.416. The average molecular weight is 240 g/mol. The molecule has 0 bridgehead atoms.